The molecule has 0 aliphatic rings. The van der Waals surface area contributed by atoms with Gasteiger partial charge in [-0.3, -0.25) is 0 Å². The standard InChI is InChI=1S/C14H16BrN3/c1-4-7-18-9-11(3)16-14(18)17-12-6-5-10(2)13(15)8-12/h4-6,8-9H,1,7H2,2-3H3,(H,16,17). The highest BCUT2D eigenvalue weighted by Gasteiger charge is 2.05. The third-order valence-electron chi connectivity index (χ3n) is 2.65. The highest BCUT2D eigenvalue weighted by molar-refractivity contribution is 9.10. The number of aryl methyl sites for hydroxylation is 2. The summed E-state index contributed by atoms with van der Waals surface area (Å²) in [5, 5.41) is 3.32. The van der Waals surface area contributed by atoms with Crippen molar-refractivity contribution < 1.29 is 0 Å². The Morgan fingerprint density at radius 2 is 2.22 bits per heavy atom. The largest absolute Gasteiger partial charge is 0.326 e. The zero-order valence-electron chi connectivity index (χ0n) is 10.6. The van der Waals surface area contributed by atoms with Crippen LogP contribution in [0.1, 0.15) is 11.3 Å². The molecule has 94 valence electrons. The number of halogens is 1. The van der Waals surface area contributed by atoms with Crippen LogP contribution in [-0.4, -0.2) is 9.55 Å². The van der Waals surface area contributed by atoms with Gasteiger partial charge < -0.3 is 9.88 Å². The van der Waals surface area contributed by atoms with Crippen molar-refractivity contribution in [3.8, 4) is 0 Å². The van der Waals surface area contributed by atoms with E-state index >= 15 is 0 Å². The third kappa shape index (κ3) is 2.82. The fourth-order valence-corrected chi connectivity index (χ4v) is 2.10. The summed E-state index contributed by atoms with van der Waals surface area (Å²) in [5.74, 6) is 0.836. The van der Waals surface area contributed by atoms with Crippen molar-refractivity contribution in [2.75, 3.05) is 5.32 Å². The van der Waals surface area contributed by atoms with E-state index in [2.05, 4.69) is 51.9 Å². The van der Waals surface area contributed by atoms with Gasteiger partial charge >= 0.3 is 0 Å². The molecule has 1 N–H and O–H groups in total. The molecule has 0 unspecified atom stereocenters. The summed E-state index contributed by atoms with van der Waals surface area (Å²) in [4.78, 5) is 4.47. The van der Waals surface area contributed by atoms with Crippen LogP contribution in [0.4, 0.5) is 11.6 Å². The Morgan fingerprint density at radius 3 is 2.89 bits per heavy atom. The van der Waals surface area contributed by atoms with Gasteiger partial charge in [0.15, 0.2) is 0 Å². The fraction of sp³-hybridized carbons (Fsp3) is 0.214. The van der Waals surface area contributed by atoms with Crippen LogP contribution in [-0.2, 0) is 6.54 Å². The molecule has 0 saturated heterocycles. The Balaban J connectivity index is 2.27. The molecule has 0 atom stereocenters. The highest BCUT2D eigenvalue weighted by atomic mass is 79.9. The van der Waals surface area contributed by atoms with Crippen molar-refractivity contribution in [1.82, 2.24) is 9.55 Å². The number of nitrogens with zero attached hydrogens (tertiary/aromatic N) is 2. The number of nitrogens with one attached hydrogen (secondary N) is 1. The molecule has 1 aromatic carbocycles. The molecule has 3 nitrogen and oxygen atoms in total. The average molecular weight is 306 g/mol. The van der Waals surface area contributed by atoms with Gasteiger partial charge in [-0.05, 0) is 31.5 Å². The molecule has 0 aliphatic heterocycles. The maximum absolute atomic E-state index is 4.47. The molecule has 1 heterocycles. The summed E-state index contributed by atoms with van der Waals surface area (Å²) in [6.45, 7) is 8.55. The lowest BCUT2D eigenvalue weighted by molar-refractivity contribution is 0.832. The number of hydrogen-bond donors (Lipinski definition) is 1. The van der Waals surface area contributed by atoms with Crippen molar-refractivity contribution in [2.45, 2.75) is 20.4 Å². The van der Waals surface area contributed by atoms with E-state index in [-0.39, 0.29) is 0 Å². The molecule has 2 aromatic rings. The lowest BCUT2D eigenvalue weighted by atomic mass is 10.2. The van der Waals surface area contributed by atoms with Gasteiger partial charge in [0.2, 0.25) is 5.95 Å². The highest BCUT2D eigenvalue weighted by Crippen LogP contribution is 2.23. The molecule has 0 fully saturated rings. The summed E-state index contributed by atoms with van der Waals surface area (Å²) in [7, 11) is 0. The monoisotopic (exact) mass is 305 g/mol. The Morgan fingerprint density at radius 1 is 1.44 bits per heavy atom. The number of aromatic nitrogens is 2. The molecule has 4 heteroatoms. The van der Waals surface area contributed by atoms with E-state index in [1.807, 2.05) is 29.8 Å². The Bertz CT molecular complexity index is 572. The van der Waals surface area contributed by atoms with Crippen molar-refractivity contribution in [1.29, 1.82) is 0 Å². The minimum atomic E-state index is 0.746. The first-order valence-electron chi connectivity index (χ1n) is 5.78. The summed E-state index contributed by atoms with van der Waals surface area (Å²) in [5.41, 5.74) is 3.22. The summed E-state index contributed by atoms with van der Waals surface area (Å²) in [6.07, 6.45) is 3.87. The summed E-state index contributed by atoms with van der Waals surface area (Å²) in [6, 6.07) is 6.17. The maximum atomic E-state index is 4.47. The van der Waals surface area contributed by atoms with E-state index in [4.69, 9.17) is 0 Å². The summed E-state index contributed by atoms with van der Waals surface area (Å²) < 4.78 is 3.13. The molecule has 0 amide bonds. The first-order valence-corrected chi connectivity index (χ1v) is 6.57. The summed E-state index contributed by atoms with van der Waals surface area (Å²) >= 11 is 3.53. The van der Waals surface area contributed by atoms with Gasteiger partial charge in [0, 0.05) is 22.9 Å². The van der Waals surface area contributed by atoms with Gasteiger partial charge in [0.1, 0.15) is 0 Å². The van der Waals surface area contributed by atoms with Crippen molar-refractivity contribution >= 4 is 27.6 Å². The molecule has 0 aliphatic carbocycles. The molecular weight excluding hydrogens is 290 g/mol. The van der Waals surface area contributed by atoms with E-state index < -0.39 is 0 Å². The van der Waals surface area contributed by atoms with Crippen LogP contribution in [0.3, 0.4) is 0 Å². The van der Waals surface area contributed by atoms with Gasteiger partial charge in [0.25, 0.3) is 0 Å². The van der Waals surface area contributed by atoms with Crippen LogP contribution in [0.15, 0.2) is 41.5 Å². The van der Waals surface area contributed by atoms with Crippen molar-refractivity contribution in [2.24, 2.45) is 0 Å². The van der Waals surface area contributed by atoms with E-state index in [1.165, 1.54) is 5.56 Å². The number of allylic oxidation sites excluding steroid dienone is 1. The maximum Gasteiger partial charge on any atom is 0.207 e. The first kappa shape index (κ1) is 12.9. The molecule has 1 aromatic heterocycles. The SMILES string of the molecule is C=CCn1cc(C)nc1Nc1ccc(C)c(Br)c1. The average Bonchev–Trinajstić information content (AvgIpc) is 2.65. The Labute approximate surface area is 116 Å². The minimum absolute atomic E-state index is 0.746. The van der Waals surface area contributed by atoms with Crippen molar-refractivity contribution in [3.63, 3.8) is 0 Å². The Kier molecular flexibility index (Phi) is 3.87. The van der Waals surface area contributed by atoms with Gasteiger partial charge in [-0.25, -0.2) is 4.98 Å². The van der Waals surface area contributed by atoms with Crippen LogP contribution in [0.5, 0.6) is 0 Å². The quantitative estimate of drug-likeness (QED) is 0.858. The van der Waals surface area contributed by atoms with Crippen LogP contribution >= 0.6 is 15.9 Å². The van der Waals surface area contributed by atoms with Gasteiger partial charge in [-0.15, -0.1) is 6.58 Å². The molecular formula is C14H16BrN3. The van der Waals surface area contributed by atoms with Crippen LogP contribution < -0.4 is 5.32 Å². The predicted octanol–water partition coefficient (Wildman–Crippen LogP) is 4.19. The van der Waals surface area contributed by atoms with E-state index in [9.17, 15) is 0 Å². The van der Waals surface area contributed by atoms with Gasteiger partial charge in [-0.2, -0.15) is 0 Å². The van der Waals surface area contributed by atoms with Gasteiger partial charge in [0.05, 0.1) is 5.69 Å². The molecule has 18 heavy (non-hydrogen) atoms. The number of rotatable bonds is 4. The molecule has 0 saturated carbocycles. The van der Waals surface area contributed by atoms with Crippen molar-refractivity contribution in [3.05, 3.63) is 52.8 Å². The van der Waals surface area contributed by atoms with E-state index in [0.717, 1.165) is 28.3 Å². The number of benzene rings is 1. The number of hydrogen-bond acceptors (Lipinski definition) is 2. The molecule has 2 rings (SSSR count). The lowest BCUT2D eigenvalue weighted by Gasteiger charge is -2.09. The topological polar surface area (TPSA) is 29.9 Å². The second kappa shape index (κ2) is 5.40. The molecule has 0 bridgehead atoms. The zero-order valence-corrected chi connectivity index (χ0v) is 12.2. The van der Waals surface area contributed by atoms with Crippen LogP contribution in [0.2, 0.25) is 0 Å². The van der Waals surface area contributed by atoms with Crippen LogP contribution in [0, 0.1) is 13.8 Å². The smallest absolute Gasteiger partial charge is 0.207 e. The Hall–Kier alpha value is -1.55. The molecule has 0 radical (unpaired) electrons. The third-order valence-corrected chi connectivity index (χ3v) is 3.51. The van der Waals surface area contributed by atoms with Gasteiger partial charge in [-0.1, -0.05) is 28.1 Å². The normalized spacial score (nSPS) is 10.4. The fourth-order valence-electron chi connectivity index (χ4n) is 1.72. The minimum Gasteiger partial charge on any atom is -0.326 e. The number of imidazole rings is 1. The van der Waals surface area contributed by atoms with E-state index in [0.29, 0.717) is 0 Å². The zero-order chi connectivity index (χ0) is 13.1. The first-order chi connectivity index (χ1) is 8.60. The van der Waals surface area contributed by atoms with Crippen LogP contribution in [0.25, 0.3) is 0 Å². The molecule has 0 spiro atoms. The number of anilines is 2. The lowest BCUT2D eigenvalue weighted by Crippen LogP contribution is -2.01. The second-order valence-electron chi connectivity index (χ2n) is 4.24. The predicted molar refractivity (Wildman–Crippen MR) is 79.3 cm³/mol. The van der Waals surface area contributed by atoms with E-state index in [1.54, 1.807) is 0 Å². The second-order valence-corrected chi connectivity index (χ2v) is 5.09.